The summed E-state index contributed by atoms with van der Waals surface area (Å²) in [6.07, 6.45) is 0. The Hall–Kier alpha value is -3.52. The standard InChI is InChI=1S/C28H26O2/c1-21-8-7-11-27(20-21)30-26-18-14-23(15-19-26)28(2,3)22-12-16-25(17-13-22)29-24-9-5-4-6-10-24/h4-20H,1-3H3. The third kappa shape index (κ3) is 4.55. The van der Waals surface area contributed by atoms with Gasteiger partial charge in [-0.05, 0) is 72.1 Å². The molecule has 0 unspecified atom stereocenters. The van der Waals surface area contributed by atoms with Gasteiger partial charge in [0.1, 0.15) is 23.0 Å². The zero-order valence-electron chi connectivity index (χ0n) is 17.6. The topological polar surface area (TPSA) is 18.5 Å². The molecule has 0 N–H and O–H groups in total. The molecule has 0 amide bonds. The van der Waals surface area contributed by atoms with Gasteiger partial charge < -0.3 is 9.47 Å². The van der Waals surface area contributed by atoms with Crippen LogP contribution in [0, 0.1) is 6.92 Å². The summed E-state index contributed by atoms with van der Waals surface area (Å²) in [7, 11) is 0. The van der Waals surface area contributed by atoms with E-state index in [1.807, 2.05) is 72.8 Å². The first-order valence-electron chi connectivity index (χ1n) is 10.2. The molecule has 4 rings (SSSR count). The summed E-state index contributed by atoms with van der Waals surface area (Å²) in [6, 6.07) is 34.6. The summed E-state index contributed by atoms with van der Waals surface area (Å²) in [5, 5.41) is 0. The van der Waals surface area contributed by atoms with Gasteiger partial charge in [0.2, 0.25) is 0 Å². The molecule has 0 radical (unpaired) electrons. The van der Waals surface area contributed by atoms with Gasteiger partial charge in [-0.3, -0.25) is 0 Å². The van der Waals surface area contributed by atoms with Crippen LogP contribution in [0.4, 0.5) is 0 Å². The van der Waals surface area contributed by atoms with Gasteiger partial charge >= 0.3 is 0 Å². The van der Waals surface area contributed by atoms with Crippen molar-refractivity contribution in [2.45, 2.75) is 26.2 Å². The molecule has 30 heavy (non-hydrogen) atoms. The van der Waals surface area contributed by atoms with E-state index >= 15 is 0 Å². The Morgan fingerprint density at radius 2 is 0.967 bits per heavy atom. The lowest BCUT2D eigenvalue weighted by Gasteiger charge is -2.26. The van der Waals surface area contributed by atoms with Crippen LogP contribution in [0.15, 0.2) is 103 Å². The smallest absolute Gasteiger partial charge is 0.127 e. The SMILES string of the molecule is Cc1cccc(Oc2ccc(C(C)(C)c3ccc(Oc4ccccc4)cc3)cc2)c1. The van der Waals surface area contributed by atoms with Gasteiger partial charge in [-0.15, -0.1) is 0 Å². The average molecular weight is 395 g/mol. The van der Waals surface area contributed by atoms with Gasteiger partial charge in [0.25, 0.3) is 0 Å². The molecular weight excluding hydrogens is 368 g/mol. The van der Waals surface area contributed by atoms with Gasteiger partial charge in [-0.25, -0.2) is 0 Å². The lowest BCUT2D eigenvalue weighted by molar-refractivity contribution is 0.481. The summed E-state index contributed by atoms with van der Waals surface area (Å²) < 4.78 is 11.9. The molecule has 0 bridgehead atoms. The van der Waals surface area contributed by atoms with Crippen molar-refractivity contribution in [2.75, 3.05) is 0 Å². The van der Waals surface area contributed by atoms with Crippen LogP contribution in [-0.4, -0.2) is 0 Å². The Morgan fingerprint density at radius 3 is 1.50 bits per heavy atom. The molecule has 0 aliphatic heterocycles. The Morgan fingerprint density at radius 1 is 0.500 bits per heavy atom. The maximum atomic E-state index is 5.99. The van der Waals surface area contributed by atoms with Crippen LogP contribution in [-0.2, 0) is 5.41 Å². The summed E-state index contributed by atoms with van der Waals surface area (Å²) >= 11 is 0. The number of hydrogen-bond donors (Lipinski definition) is 0. The minimum absolute atomic E-state index is 0.132. The van der Waals surface area contributed by atoms with E-state index in [4.69, 9.17) is 9.47 Å². The molecule has 0 saturated heterocycles. The van der Waals surface area contributed by atoms with Crippen molar-refractivity contribution < 1.29 is 9.47 Å². The molecule has 2 nitrogen and oxygen atoms in total. The van der Waals surface area contributed by atoms with Gasteiger partial charge in [0.05, 0.1) is 0 Å². The zero-order valence-corrected chi connectivity index (χ0v) is 17.6. The lowest BCUT2D eigenvalue weighted by Crippen LogP contribution is -2.18. The first-order valence-corrected chi connectivity index (χ1v) is 10.2. The molecule has 0 atom stereocenters. The summed E-state index contributed by atoms with van der Waals surface area (Å²) in [4.78, 5) is 0. The van der Waals surface area contributed by atoms with Crippen LogP contribution in [0.5, 0.6) is 23.0 Å². The van der Waals surface area contributed by atoms with Crippen molar-refractivity contribution in [2.24, 2.45) is 0 Å². The summed E-state index contributed by atoms with van der Waals surface area (Å²) in [5.74, 6) is 3.37. The first-order chi connectivity index (χ1) is 14.5. The van der Waals surface area contributed by atoms with E-state index in [-0.39, 0.29) is 5.41 Å². The second-order valence-electron chi connectivity index (χ2n) is 8.01. The Labute approximate surface area is 178 Å². The number of ether oxygens (including phenoxy) is 2. The van der Waals surface area contributed by atoms with E-state index in [2.05, 4.69) is 51.1 Å². The molecule has 4 aromatic rings. The van der Waals surface area contributed by atoms with Crippen molar-refractivity contribution in [1.29, 1.82) is 0 Å². The van der Waals surface area contributed by atoms with Crippen molar-refractivity contribution in [3.63, 3.8) is 0 Å². The maximum Gasteiger partial charge on any atom is 0.127 e. The molecule has 4 aromatic carbocycles. The largest absolute Gasteiger partial charge is 0.457 e. The molecule has 0 aromatic heterocycles. The maximum absolute atomic E-state index is 5.99. The second-order valence-corrected chi connectivity index (χ2v) is 8.01. The van der Waals surface area contributed by atoms with E-state index in [1.165, 1.54) is 16.7 Å². The summed E-state index contributed by atoms with van der Waals surface area (Å²) in [6.45, 7) is 6.53. The van der Waals surface area contributed by atoms with Gasteiger partial charge in [0, 0.05) is 5.41 Å². The van der Waals surface area contributed by atoms with E-state index in [0.717, 1.165) is 23.0 Å². The van der Waals surface area contributed by atoms with Crippen LogP contribution >= 0.6 is 0 Å². The molecule has 0 aliphatic carbocycles. The first kappa shape index (κ1) is 19.8. The fourth-order valence-corrected chi connectivity index (χ4v) is 3.49. The molecule has 150 valence electrons. The third-order valence-corrected chi connectivity index (χ3v) is 5.36. The monoisotopic (exact) mass is 394 g/mol. The number of rotatable bonds is 6. The minimum Gasteiger partial charge on any atom is -0.457 e. The quantitative estimate of drug-likeness (QED) is 0.331. The van der Waals surface area contributed by atoms with E-state index in [0.29, 0.717) is 0 Å². The van der Waals surface area contributed by atoms with E-state index in [9.17, 15) is 0 Å². The van der Waals surface area contributed by atoms with Crippen LogP contribution < -0.4 is 9.47 Å². The van der Waals surface area contributed by atoms with Crippen LogP contribution in [0.25, 0.3) is 0 Å². The Balaban J connectivity index is 1.48. The highest BCUT2D eigenvalue weighted by atomic mass is 16.5. The number of para-hydroxylation sites is 1. The fraction of sp³-hybridized carbons (Fsp3) is 0.143. The van der Waals surface area contributed by atoms with Crippen molar-refractivity contribution in [1.82, 2.24) is 0 Å². The van der Waals surface area contributed by atoms with Crippen molar-refractivity contribution in [3.8, 4) is 23.0 Å². The Bertz CT molecular complexity index is 1100. The van der Waals surface area contributed by atoms with Crippen LogP contribution in [0.3, 0.4) is 0 Å². The predicted molar refractivity (Wildman–Crippen MR) is 123 cm³/mol. The number of hydrogen-bond acceptors (Lipinski definition) is 2. The van der Waals surface area contributed by atoms with Gasteiger partial charge in [-0.2, -0.15) is 0 Å². The number of aryl methyl sites for hydroxylation is 1. The van der Waals surface area contributed by atoms with Crippen molar-refractivity contribution in [3.05, 3.63) is 120 Å². The third-order valence-electron chi connectivity index (χ3n) is 5.36. The van der Waals surface area contributed by atoms with E-state index in [1.54, 1.807) is 0 Å². The van der Waals surface area contributed by atoms with Gasteiger partial charge in [0.15, 0.2) is 0 Å². The normalized spacial score (nSPS) is 11.2. The van der Waals surface area contributed by atoms with E-state index < -0.39 is 0 Å². The highest BCUT2D eigenvalue weighted by molar-refractivity contribution is 5.43. The number of benzene rings is 4. The minimum atomic E-state index is -0.132. The molecule has 0 spiro atoms. The molecule has 0 aliphatic rings. The predicted octanol–water partition coefficient (Wildman–Crippen LogP) is 7.91. The molecule has 0 saturated carbocycles. The average Bonchev–Trinajstić information content (AvgIpc) is 2.75. The van der Waals surface area contributed by atoms with Gasteiger partial charge in [-0.1, -0.05) is 68.4 Å². The highest BCUT2D eigenvalue weighted by Crippen LogP contribution is 2.34. The van der Waals surface area contributed by atoms with Crippen LogP contribution in [0.1, 0.15) is 30.5 Å². The fourth-order valence-electron chi connectivity index (χ4n) is 3.49. The molecular formula is C28H26O2. The second kappa shape index (κ2) is 8.46. The highest BCUT2D eigenvalue weighted by Gasteiger charge is 2.23. The molecule has 0 heterocycles. The summed E-state index contributed by atoms with van der Waals surface area (Å²) in [5.41, 5.74) is 3.52. The van der Waals surface area contributed by atoms with Crippen molar-refractivity contribution >= 4 is 0 Å². The Kier molecular flexibility index (Phi) is 5.58. The van der Waals surface area contributed by atoms with Crippen LogP contribution in [0.2, 0.25) is 0 Å². The lowest BCUT2D eigenvalue weighted by atomic mass is 9.78. The zero-order chi connectivity index (χ0) is 21.0. The molecule has 0 fully saturated rings. The molecule has 2 heteroatoms.